The van der Waals surface area contributed by atoms with Gasteiger partial charge in [-0.1, -0.05) is 57.0 Å². The highest BCUT2D eigenvalue weighted by molar-refractivity contribution is 9.10. The standard InChI is InChI=1S/C22H15BrCl2N4OS/c23-15-2-1-3-18(12-15)26-20(30)13-31-22-28-27-21(14-4-6-16(24)7-5-14)29(22)19-10-8-17(25)9-11-19/h1-12H,13H2,(H,26,30). The predicted octanol–water partition coefficient (Wildman–Crippen LogP) is 6.73. The summed E-state index contributed by atoms with van der Waals surface area (Å²) in [6.07, 6.45) is 0. The third kappa shape index (κ3) is 5.49. The minimum absolute atomic E-state index is 0.137. The van der Waals surface area contributed by atoms with E-state index in [1.807, 2.05) is 53.1 Å². The molecule has 1 N–H and O–H groups in total. The summed E-state index contributed by atoms with van der Waals surface area (Å²) < 4.78 is 2.80. The molecule has 3 aromatic carbocycles. The highest BCUT2D eigenvalue weighted by atomic mass is 79.9. The molecule has 0 spiro atoms. The van der Waals surface area contributed by atoms with Gasteiger partial charge < -0.3 is 5.32 Å². The maximum absolute atomic E-state index is 12.5. The van der Waals surface area contributed by atoms with Gasteiger partial charge in [-0.25, -0.2) is 0 Å². The average Bonchev–Trinajstić information content (AvgIpc) is 3.17. The van der Waals surface area contributed by atoms with Gasteiger partial charge in [0.2, 0.25) is 5.91 Å². The number of carbonyl (C=O) groups is 1. The van der Waals surface area contributed by atoms with E-state index in [4.69, 9.17) is 23.2 Å². The number of carbonyl (C=O) groups excluding carboxylic acids is 1. The maximum atomic E-state index is 12.5. The van der Waals surface area contributed by atoms with Crippen LogP contribution >= 0.6 is 50.9 Å². The molecular weight excluding hydrogens is 519 g/mol. The first kappa shape index (κ1) is 21.9. The van der Waals surface area contributed by atoms with Gasteiger partial charge in [0.25, 0.3) is 0 Å². The first-order chi connectivity index (χ1) is 15.0. The van der Waals surface area contributed by atoms with Crippen LogP contribution in [0.3, 0.4) is 0 Å². The zero-order valence-electron chi connectivity index (χ0n) is 15.9. The number of rotatable bonds is 6. The van der Waals surface area contributed by atoms with Gasteiger partial charge in [-0.2, -0.15) is 0 Å². The number of anilines is 1. The molecule has 0 aliphatic rings. The number of nitrogens with one attached hydrogen (secondary N) is 1. The number of thioether (sulfide) groups is 1. The number of nitrogens with zero attached hydrogens (tertiary/aromatic N) is 3. The molecule has 0 aliphatic heterocycles. The third-order valence-electron chi connectivity index (χ3n) is 4.26. The van der Waals surface area contributed by atoms with Crippen LogP contribution in [-0.2, 0) is 4.79 Å². The largest absolute Gasteiger partial charge is 0.325 e. The van der Waals surface area contributed by atoms with E-state index in [0.717, 1.165) is 21.4 Å². The summed E-state index contributed by atoms with van der Waals surface area (Å²) in [5, 5.41) is 13.4. The fraction of sp³-hybridized carbons (Fsp3) is 0.0455. The highest BCUT2D eigenvalue weighted by Gasteiger charge is 2.17. The van der Waals surface area contributed by atoms with Crippen LogP contribution < -0.4 is 5.32 Å². The normalized spacial score (nSPS) is 10.8. The van der Waals surface area contributed by atoms with Crippen molar-refractivity contribution in [1.29, 1.82) is 0 Å². The van der Waals surface area contributed by atoms with Crippen molar-refractivity contribution < 1.29 is 4.79 Å². The third-order valence-corrected chi connectivity index (χ3v) is 6.19. The van der Waals surface area contributed by atoms with Gasteiger partial charge in [0, 0.05) is 31.5 Å². The lowest BCUT2D eigenvalue weighted by Crippen LogP contribution is -2.14. The van der Waals surface area contributed by atoms with E-state index < -0.39 is 0 Å². The number of halogens is 3. The summed E-state index contributed by atoms with van der Waals surface area (Å²) in [6, 6.07) is 22.2. The number of hydrogen-bond acceptors (Lipinski definition) is 4. The van der Waals surface area contributed by atoms with Crippen LogP contribution in [0.15, 0.2) is 82.4 Å². The van der Waals surface area contributed by atoms with Gasteiger partial charge in [-0.05, 0) is 66.7 Å². The molecule has 0 radical (unpaired) electrons. The Morgan fingerprint density at radius 2 is 1.65 bits per heavy atom. The van der Waals surface area contributed by atoms with E-state index in [0.29, 0.717) is 21.0 Å². The fourth-order valence-corrected chi connectivity index (χ4v) is 4.27. The zero-order valence-corrected chi connectivity index (χ0v) is 19.8. The van der Waals surface area contributed by atoms with Crippen molar-refractivity contribution in [2.75, 3.05) is 11.1 Å². The first-order valence-corrected chi connectivity index (χ1v) is 11.7. The number of aromatic nitrogens is 3. The molecule has 156 valence electrons. The molecule has 0 atom stereocenters. The maximum Gasteiger partial charge on any atom is 0.234 e. The molecule has 1 heterocycles. The van der Waals surface area contributed by atoms with Crippen LogP contribution in [0.2, 0.25) is 10.0 Å². The smallest absolute Gasteiger partial charge is 0.234 e. The monoisotopic (exact) mass is 532 g/mol. The van der Waals surface area contributed by atoms with Gasteiger partial charge in [-0.15, -0.1) is 10.2 Å². The lowest BCUT2D eigenvalue weighted by Gasteiger charge is -2.11. The van der Waals surface area contributed by atoms with E-state index in [1.165, 1.54) is 11.8 Å². The Morgan fingerprint density at radius 1 is 0.968 bits per heavy atom. The summed E-state index contributed by atoms with van der Waals surface area (Å²) >= 11 is 16.8. The second kappa shape index (κ2) is 9.87. The zero-order chi connectivity index (χ0) is 21.8. The first-order valence-electron chi connectivity index (χ1n) is 9.15. The molecule has 4 aromatic rings. The van der Waals surface area contributed by atoms with Gasteiger partial charge in [0.1, 0.15) is 0 Å². The quantitative estimate of drug-likeness (QED) is 0.279. The molecule has 31 heavy (non-hydrogen) atoms. The van der Waals surface area contributed by atoms with Crippen molar-refractivity contribution in [3.05, 3.63) is 87.3 Å². The molecule has 0 saturated carbocycles. The van der Waals surface area contributed by atoms with Crippen LogP contribution in [0, 0.1) is 0 Å². The molecule has 1 aromatic heterocycles. The Kier molecular flexibility index (Phi) is 6.97. The van der Waals surface area contributed by atoms with Crippen molar-refractivity contribution in [2.45, 2.75) is 5.16 Å². The molecule has 0 unspecified atom stereocenters. The van der Waals surface area contributed by atoms with Crippen LogP contribution in [0.1, 0.15) is 0 Å². The summed E-state index contributed by atoms with van der Waals surface area (Å²) in [5.41, 5.74) is 2.42. The molecule has 0 bridgehead atoms. The lowest BCUT2D eigenvalue weighted by atomic mass is 10.2. The second-order valence-electron chi connectivity index (χ2n) is 6.47. The van der Waals surface area contributed by atoms with Crippen LogP contribution in [0.5, 0.6) is 0 Å². The van der Waals surface area contributed by atoms with Crippen LogP contribution in [-0.4, -0.2) is 26.4 Å². The minimum atomic E-state index is -0.137. The predicted molar refractivity (Wildman–Crippen MR) is 130 cm³/mol. The Bertz CT molecular complexity index is 1210. The summed E-state index contributed by atoms with van der Waals surface area (Å²) in [5.74, 6) is 0.689. The summed E-state index contributed by atoms with van der Waals surface area (Å²) in [4.78, 5) is 12.5. The second-order valence-corrected chi connectivity index (χ2v) is 9.20. The number of hydrogen-bond donors (Lipinski definition) is 1. The molecule has 0 aliphatic carbocycles. The van der Waals surface area contributed by atoms with Gasteiger partial charge in [-0.3, -0.25) is 9.36 Å². The molecule has 0 fully saturated rings. The summed E-state index contributed by atoms with van der Waals surface area (Å²) in [7, 11) is 0. The van der Waals surface area contributed by atoms with Gasteiger partial charge in [0.15, 0.2) is 11.0 Å². The average molecular weight is 534 g/mol. The van der Waals surface area contributed by atoms with E-state index in [9.17, 15) is 4.79 Å². The van der Waals surface area contributed by atoms with Crippen molar-refractivity contribution >= 4 is 62.5 Å². The SMILES string of the molecule is O=C(CSc1nnc(-c2ccc(Cl)cc2)n1-c1ccc(Cl)cc1)Nc1cccc(Br)c1. The highest BCUT2D eigenvalue weighted by Crippen LogP contribution is 2.29. The Balaban J connectivity index is 1.60. The molecule has 4 rings (SSSR count). The van der Waals surface area contributed by atoms with Crippen LogP contribution in [0.4, 0.5) is 5.69 Å². The number of amides is 1. The molecule has 5 nitrogen and oxygen atoms in total. The Morgan fingerprint density at radius 3 is 2.32 bits per heavy atom. The molecule has 9 heteroatoms. The fourth-order valence-electron chi connectivity index (χ4n) is 2.87. The van der Waals surface area contributed by atoms with Crippen molar-refractivity contribution in [1.82, 2.24) is 14.8 Å². The number of benzene rings is 3. The lowest BCUT2D eigenvalue weighted by molar-refractivity contribution is -0.113. The van der Waals surface area contributed by atoms with E-state index in [1.54, 1.807) is 24.3 Å². The molecule has 1 amide bonds. The van der Waals surface area contributed by atoms with Crippen LogP contribution in [0.25, 0.3) is 17.1 Å². The van der Waals surface area contributed by atoms with Gasteiger partial charge >= 0.3 is 0 Å². The van der Waals surface area contributed by atoms with E-state index >= 15 is 0 Å². The van der Waals surface area contributed by atoms with Crippen molar-refractivity contribution in [3.8, 4) is 17.1 Å². The molecule has 0 saturated heterocycles. The molecular formula is C22H15BrCl2N4OS. The summed E-state index contributed by atoms with van der Waals surface area (Å²) in [6.45, 7) is 0. The Hall–Kier alpha value is -2.32. The Labute approximate surface area is 201 Å². The topological polar surface area (TPSA) is 59.8 Å². The minimum Gasteiger partial charge on any atom is -0.325 e. The van der Waals surface area contributed by atoms with E-state index in [2.05, 4.69) is 31.4 Å². The van der Waals surface area contributed by atoms with E-state index in [-0.39, 0.29) is 11.7 Å². The van der Waals surface area contributed by atoms with Crippen molar-refractivity contribution in [3.63, 3.8) is 0 Å². The van der Waals surface area contributed by atoms with Crippen molar-refractivity contribution in [2.24, 2.45) is 0 Å². The van der Waals surface area contributed by atoms with Gasteiger partial charge in [0.05, 0.1) is 5.75 Å².